The molecule has 0 bridgehead atoms. The summed E-state index contributed by atoms with van der Waals surface area (Å²) in [5.74, 6) is -0.848. The Hall–Kier alpha value is -3.29. The van der Waals surface area contributed by atoms with Crippen molar-refractivity contribution in [1.29, 1.82) is 0 Å². The smallest absolute Gasteiger partial charge is 0.252 e. The number of carbonyl (C=O) groups excluding carboxylic acids is 1. The topological polar surface area (TPSA) is 67.6 Å². The van der Waals surface area contributed by atoms with Crippen LogP contribution in [0.1, 0.15) is 56.7 Å². The lowest BCUT2D eigenvalue weighted by Gasteiger charge is -2.43. The van der Waals surface area contributed by atoms with Crippen LogP contribution in [-0.2, 0) is 16.0 Å². The molecule has 226 valence electrons. The molecule has 2 fully saturated rings. The summed E-state index contributed by atoms with van der Waals surface area (Å²) in [5, 5.41) is 3.12. The molecule has 2 aromatic carbocycles. The molecule has 0 aromatic heterocycles. The zero-order valence-corrected chi connectivity index (χ0v) is 25.2. The highest BCUT2D eigenvalue weighted by Crippen LogP contribution is 2.36. The van der Waals surface area contributed by atoms with Gasteiger partial charge in [-0.2, -0.15) is 0 Å². The van der Waals surface area contributed by atoms with Crippen molar-refractivity contribution in [2.45, 2.75) is 64.8 Å². The number of hydrogen-bond acceptors (Lipinski definition) is 4. The second-order valence-corrected chi connectivity index (χ2v) is 12.6. The van der Waals surface area contributed by atoms with Crippen LogP contribution in [0.5, 0.6) is 0 Å². The summed E-state index contributed by atoms with van der Waals surface area (Å²) in [6.45, 7) is 15.9. The lowest BCUT2D eigenvalue weighted by atomic mass is 9.79. The highest BCUT2D eigenvalue weighted by atomic mass is 19.1. The lowest BCUT2D eigenvalue weighted by Crippen LogP contribution is -2.55. The molecule has 2 aromatic rings. The van der Waals surface area contributed by atoms with Crippen LogP contribution < -0.4 is 11.1 Å². The number of halogens is 2. The second kappa shape index (κ2) is 13.8. The van der Waals surface area contributed by atoms with Gasteiger partial charge in [-0.3, -0.25) is 4.79 Å². The predicted octanol–water partition coefficient (Wildman–Crippen LogP) is 6.31. The molecule has 0 spiro atoms. The van der Waals surface area contributed by atoms with E-state index in [-0.39, 0.29) is 30.7 Å². The average molecular weight is 578 g/mol. The van der Waals surface area contributed by atoms with Crippen molar-refractivity contribution in [3.05, 3.63) is 95.5 Å². The maximum absolute atomic E-state index is 14.9. The fraction of sp³-hybridized carbons (Fsp3) is 0.457. The molecule has 0 saturated carbocycles. The van der Waals surface area contributed by atoms with Crippen LogP contribution in [0.2, 0.25) is 0 Å². The van der Waals surface area contributed by atoms with Gasteiger partial charge in [0.2, 0.25) is 0 Å². The van der Waals surface area contributed by atoms with E-state index < -0.39 is 23.7 Å². The number of benzene rings is 2. The van der Waals surface area contributed by atoms with Gasteiger partial charge in [-0.1, -0.05) is 76.4 Å². The summed E-state index contributed by atoms with van der Waals surface area (Å²) in [6.07, 6.45) is 2.41. The molecule has 1 unspecified atom stereocenters. The van der Waals surface area contributed by atoms with E-state index in [1.165, 1.54) is 12.1 Å². The summed E-state index contributed by atoms with van der Waals surface area (Å²) < 4.78 is 35.1. The Morgan fingerprint density at radius 1 is 1.21 bits per heavy atom. The predicted molar refractivity (Wildman–Crippen MR) is 167 cm³/mol. The third-order valence-electron chi connectivity index (χ3n) is 8.31. The van der Waals surface area contributed by atoms with Crippen molar-refractivity contribution >= 4 is 17.6 Å². The number of ether oxygens (including phenoxy) is 1. The number of carbonyl (C=O) groups is 1. The first-order valence-electron chi connectivity index (χ1n) is 14.9. The maximum atomic E-state index is 14.9. The van der Waals surface area contributed by atoms with Crippen molar-refractivity contribution in [2.75, 3.05) is 26.2 Å². The van der Waals surface area contributed by atoms with Crippen LogP contribution in [0.25, 0.3) is 11.6 Å². The molecule has 42 heavy (non-hydrogen) atoms. The Kier molecular flexibility index (Phi) is 10.4. The molecule has 2 aliphatic rings. The molecular weight excluding hydrogens is 532 g/mol. The summed E-state index contributed by atoms with van der Waals surface area (Å²) in [6, 6.07) is 14.0. The quantitative estimate of drug-likeness (QED) is 0.329. The zero-order valence-electron chi connectivity index (χ0n) is 25.2. The molecule has 2 saturated heterocycles. The van der Waals surface area contributed by atoms with Crippen molar-refractivity contribution in [2.24, 2.45) is 17.1 Å². The fourth-order valence-electron chi connectivity index (χ4n) is 6.18. The van der Waals surface area contributed by atoms with Gasteiger partial charge in [0, 0.05) is 37.9 Å². The van der Waals surface area contributed by atoms with Gasteiger partial charge < -0.3 is 20.7 Å². The Morgan fingerprint density at radius 2 is 1.95 bits per heavy atom. The van der Waals surface area contributed by atoms with E-state index in [9.17, 15) is 13.6 Å². The maximum Gasteiger partial charge on any atom is 0.252 e. The average Bonchev–Trinajstić information content (AvgIpc) is 3.64. The zero-order chi connectivity index (χ0) is 30.4. The second-order valence-electron chi connectivity index (χ2n) is 12.6. The number of hydrogen-bond donors (Lipinski definition) is 2. The molecule has 0 aliphatic carbocycles. The molecule has 7 heteroatoms. The molecule has 2 aliphatic heterocycles. The molecule has 3 N–H and O–H groups in total. The Bertz CT molecular complexity index is 1300. The number of rotatable bonds is 11. The van der Waals surface area contributed by atoms with Crippen molar-refractivity contribution in [3.63, 3.8) is 0 Å². The van der Waals surface area contributed by atoms with E-state index >= 15 is 0 Å². The highest BCUT2D eigenvalue weighted by Gasteiger charge is 2.42. The molecule has 1 amide bonds. The van der Waals surface area contributed by atoms with Crippen molar-refractivity contribution < 1.29 is 18.3 Å². The first-order chi connectivity index (χ1) is 20.0. The molecule has 5 nitrogen and oxygen atoms in total. The Labute approximate surface area is 249 Å². The van der Waals surface area contributed by atoms with Gasteiger partial charge in [-0.25, -0.2) is 8.78 Å². The first kappa shape index (κ1) is 31.6. The van der Waals surface area contributed by atoms with Crippen LogP contribution in [0.3, 0.4) is 0 Å². The van der Waals surface area contributed by atoms with Crippen LogP contribution in [0, 0.1) is 17.2 Å². The van der Waals surface area contributed by atoms with Gasteiger partial charge in [0.05, 0.1) is 6.04 Å². The Morgan fingerprint density at radius 3 is 2.55 bits per heavy atom. The monoisotopic (exact) mass is 577 g/mol. The number of amides is 1. The summed E-state index contributed by atoms with van der Waals surface area (Å²) >= 11 is 0. The first-order valence-corrected chi connectivity index (χ1v) is 14.9. The molecular formula is C35H45F2N3O2. The standard InChI is InChI=1S/C35H45F2N3O2/c1-6-25-14-15-28(36)19-29(25)23(2)17-26(18-24-11-8-7-9-12-24)32(38)33(35(3,4)5)40(22-27-20-39-21-30(27)37)34(41)31-13-10-16-42-31/h6-9,11-12,14-15,19,27,30-31,33,39H,1-2,10,13,16-18,20-22,38H2,3-5H3/b32-26+/t27-,30-,31?,33-/m0/s1. The van der Waals surface area contributed by atoms with E-state index in [2.05, 4.69) is 39.2 Å². The van der Waals surface area contributed by atoms with Gasteiger partial charge in [0.25, 0.3) is 5.91 Å². The van der Waals surface area contributed by atoms with Gasteiger partial charge >= 0.3 is 0 Å². The lowest BCUT2D eigenvalue weighted by molar-refractivity contribution is -0.145. The van der Waals surface area contributed by atoms with Gasteiger partial charge in [0.15, 0.2) is 0 Å². The Balaban J connectivity index is 1.81. The SMILES string of the molecule is C=Cc1ccc(F)cc1C(=C)C/C(Cc1ccccc1)=C(\N)[C@H](N(C[C@@H]1CNC[C@@H]1F)C(=O)C1CCCO1)C(C)(C)C. The van der Waals surface area contributed by atoms with Crippen LogP contribution in [0.4, 0.5) is 8.78 Å². The van der Waals surface area contributed by atoms with Crippen LogP contribution >= 0.6 is 0 Å². The van der Waals surface area contributed by atoms with E-state index in [1.807, 2.05) is 30.3 Å². The number of nitrogens with zero attached hydrogens (tertiary/aromatic N) is 1. The minimum absolute atomic E-state index is 0.147. The number of nitrogens with one attached hydrogen (secondary N) is 1. The van der Waals surface area contributed by atoms with Gasteiger partial charge in [0.1, 0.15) is 18.1 Å². The number of allylic oxidation sites excluding steroid dienone is 2. The summed E-state index contributed by atoms with van der Waals surface area (Å²) in [7, 11) is 0. The van der Waals surface area contributed by atoms with Gasteiger partial charge in [-0.15, -0.1) is 0 Å². The van der Waals surface area contributed by atoms with E-state index in [0.29, 0.717) is 49.2 Å². The number of alkyl halides is 1. The van der Waals surface area contributed by atoms with Crippen LogP contribution in [-0.4, -0.2) is 55.4 Å². The molecule has 4 atom stereocenters. The molecule has 2 heterocycles. The van der Waals surface area contributed by atoms with E-state index in [0.717, 1.165) is 23.1 Å². The third kappa shape index (κ3) is 7.56. The summed E-state index contributed by atoms with van der Waals surface area (Å²) in [5.41, 5.74) is 11.3. The normalized spacial score (nSPS) is 22.0. The minimum atomic E-state index is -1.05. The largest absolute Gasteiger partial charge is 0.400 e. The van der Waals surface area contributed by atoms with E-state index in [4.69, 9.17) is 10.5 Å². The minimum Gasteiger partial charge on any atom is -0.400 e. The third-order valence-corrected chi connectivity index (χ3v) is 8.31. The number of nitrogens with two attached hydrogens (primary N) is 1. The van der Waals surface area contributed by atoms with Crippen molar-refractivity contribution in [1.82, 2.24) is 10.2 Å². The van der Waals surface area contributed by atoms with E-state index in [1.54, 1.807) is 17.0 Å². The van der Waals surface area contributed by atoms with Gasteiger partial charge in [-0.05, 0) is 71.1 Å². The van der Waals surface area contributed by atoms with Crippen LogP contribution in [0.15, 0.2) is 73.0 Å². The summed E-state index contributed by atoms with van der Waals surface area (Å²) in [4.78, 5) is 15.9. The van der Waals surface area contributed by atoms with Crippen molar-refractivity contribution in [3.8, 4) is 0 Å². The highest BCUT2D eigenvalue weighted by molar-refractivity contribution is 5.82. The fourth-order valence-corrected chi connectivity index (χ4v) is 6.18. The molecule has 4 rings (SSSR count). The molecule has 0 radical (unpaired) electrons.